The minimum absolute atomic E-state index is 0.0566. The number of ether oxygens (including phenoxy) is 1. The molecule has 1 aromatic heterocycles. The van der Waals surface area contributed by atoms with Crippen LogP contribution in [0.15, 0.2) is 23.3 Å². The number of anilines is 1. The molecule has 0 bridgehead atoms. The molecule has 2 atom stereocenters. The van der Waals surface area contributed by atoms with E-state index in [9.17, 15) is 9.90 Å². The highest BCUT2D eigenvalue weighted by atomic mass is 16.5. The summed E-state index contributed by atoms with van der Waals surface area (Å²) in [5.74, 6) is 0.747. The van der Waals surface area contributed by atoms with Crippen LogP contribution in [0.25, 0.3) is 0 Å². The number of fused-ring (bicyclic) bond motifs is 2. The Kier molecular flexibility index (Phi) is 6.00. The molecule has 4 N–H and O–H groups in total. The van der Waals surface area contributed by atoms with E-state index in [1.54, 1.807) is 18.7 Å². The number of morpholine rings is 1. The number of carbonyl (C=O) groups excluding carboxylic acids is 1. The molecule has 8 nitrogen and oxygen atoms in total. The lowest BCUT2D eigenvalue weighted by Crippen LogP contribution is -2.47. The molecule has 0 spiro atoms. The number of nitrogens with zero attached hydrogens (tertiary/aromatic N) is 2. The van der Waals surface area contributed by atoms with E-state index in [0.717, 1.165) is 53.3 Å². The quantitative estimate of drug-likeness (QED) is 0.556. The molecule has 1 unspecified atom stereocenters. The molecule has 1 amide bonds. The molecule has 0 saturated carbocycles. The Morgan fingerprint density at radius 1 is 1.35 bits per heavy atom. The Labute approximate surface area is 200 Å². The van der Waals surface area contributed by atoms with Gasteiger partial charge in [-0.05, 0) is 73.6 Å². The van der Waals surface area contributed by atoms with Gasteiger partial charge in [0, 0.05) is 25.8 Å². The monoisotopic (exact) mass is 465 g/mol. The fourth-order valence-corrected chi connectivity index (χ4v) is 5.26. The van der Waals surface area contributed by atoms with Crippen LogP contribution in [0, 0.1) is 0 Å². The lowest BCUT2D eigenvalue weighted by atomic mass is 9.86. The molecule has 8 heteroatoms. The fraction of sp³-hybridized carbons (Fsp3) is 0.538. The minimum atomic E-state index is -1.38. The van der Waals surface area contributed by atoms with E-state index in [4.69, 9.17) is 9.73 Å². The lowest BCUT2D eigenvalue weighted by molar-refractivity contribution is -0.148. The van der Waals surface area contributed by atoms with Crippen LogP contribution in [-0.2, 0) is 28.9 Å². The largest absolute Gasteiger partial charge is 0.381 e. The number of hydrogen-bond acceptors (Lipinski definition) is 6. The van der Waals surface area contributed by atoms with E-state index in [0.29, 0.717) is 26.3 Å². The number of nitrogens with one attached hydrogen (secondary N) is 3. The van der Waals surface area contributed by atoms with E-state index in [-0.39, 0.29) is 18.0 Å². The minimum Gasteiger partial charge on any atom is -0.381 e. The van der Waals surface area contributed by atoms with Gasteiger partial charge in [-0.25, -0.2) is 4.99 Å². The summed E-state index contributed by atoms with van der Waals surface area (Å²) in [6.45, 7) is 10.6. The summed E-state index contributed by atoms with van der Waals surface area (Å²) >= 11 is 0. The smallest absolute Gasteiger partial charge is 0.254 e. The Hall–Kier alpha value is -2.68. The molecule has 1 saturated heterocycles. The first kappa shape index (κ1) is 23.1. The Morgan fingerprint density at radius 3 is 2.88 bits per heavy atom. The molecule has 182 valence electrons. The van der Waals surface area contributed by atoms with E-state index in [1.165, 1.54) is 11.1 Å². The van der Waals surface area contributed by atoms with Crippen LogP contribution in [0.4, 0.5) is 11.5 Å². The molecular weight excluding hydrogens is 430 g/mol. The molecule has 3 aliphatic heterocycles. The zero-order valence-electron chi connectivity index (χ0n) is 20.5. The highest BCUT2D eigenvalue weighted by molar-refractivity contribution is 6.09. The van der Waals surface area contributed by atoms with E-state index in [2.05, 4.69) is 41.6 Å². The van der Waals surface area contributed by atoms with Gasteiger partial charge < -0.3 is 30.4 Å². The van der Waals surface area contributed by atoms with Crippen LogP contribution >= 0.6 is 0 Å². The van der Waals surface area contributed by atoms with Crippen molar-refractivity contribution in [2.45, 2.75) is 64.8 Å². The van der Waals surface area contributed by atoms with Crippen molar-refractivity contribution in [3.8, 4) is 0 Å². The summed E-state index contributed by atoms with van der Waals surface area (Å²) in [7, 11) is 0. The summed E-state index contributed by atoms with van der Waals surface area (Å²) in [5, 5.41) is 17.5. The third-order valence-electron chi connectivity index (χ3n) is 7.10. The van der Waals surface area contributed by atoms with Gasteiger partial charge in [-0.2, -0.15) is 0 Å². The SMILES string of the molecule is CCc1c[nH]c2c1N=C(c1cc3c(c([C@@H]4COCCN4)c1)CN(C(=O)C(C)(C)O)CC3)C(C)N2. The van der Waals surface area contributed by atoms with Gasteiger partial charge in [0.1, 0.15) is 17.1 Å². The summed E-state index contributed by atoms with van der Waals surface area (Å²) in [6.07, 6.45) is 3.70. The zero-order valence-corrected chi connectivity index (χ0v) is 20.5. The van der Waals surface area contributed by atoms with Gasteiger partial charge >= 0.3 is 0 Å². The number of aromatic amines is 1. The number of H-pyrrole nitrogens is 1. The van der Waals surface area contributed by atoms with Crippen molar-refractivity contribution in [3.05, 3.63) is 46.1 Å². The van der Waals surface area contributed by atoms with Gasteiger partial charge in [0.2, 0.25) is 0 Å². The molecule has 3 aliphatic rings. The number of hydrogen-bond donors (Lipinski definition) is 4. The Bertz CT molecular complexity index is 1120. The van der Waals surface area contributed by atoms with Gasteiger partial charge in [0.15, 0.2) is 0 Å². The number of aliphatic imine (C=N–C) groups is 1. The van der Waals surface area contributed by atoms with E-state index in [1.807, 2.05) is 6.20 Å². The highest BCUT2D eigenvalue weighted by Gasteiger charge is 2.34. The normalized spacial score (nSPS) is 22.5. The Morgan fingerprint density at radius 2 is 2.18 bits per heavy atom. The van der Waals surface area contributed by atoms with Crippen LogP contribution in [0.3, 0.4) is 0 Å². The second-order valence-corrected chi connectivity index (χ2v) is 10.1. The second kappa shape index (κ2) is 8.83. The number of amides is 1. The van der Waals surface area contributed by atoms with Crippen LogP contribution in [0.5, 0.6) is 0 Å². The summed E-state index contributed by atoms with van der Waals surface area (Å²) in [6, 6.07) is 4.59. The van der Waals surface area contributed by atoms with E-state index >= 15 is 0 Å². The van der Waals surface area contributed by atoms with Crippen LogP contribution < -0.4 is 10.6 Å². The van der Waals surface area contributed by atoms with Gasteiger partial charge in [-0.15, -0.1) is 0 Å². The van der Waals surface area contributed by atoms with Crippen molar-refractivity contribution in [3.63, 3.8) is 0 Å². The van der Waals surface area contributed by atoms with E-state index < -0.39 is 5.60 Å². The topological polar surface area (TPSA) is 102 Å². The maximum atomic E-state index is 12.8. The van der Waals surface area contributed by atoms with Gasteiger partial charge in [0.25, 0.3) is 5.91 Å². The maximum Gasteiger partial charge on any atom is 0.254 e. The fourth-order valence-electron chi connectivity index (χ4n) is 5.26. The number of aryl methyl sites for hydroxylation is 1. The van der Waals surface area contributed by atoms with Crippen LogP contribution in [0.1, 0.15) is 61.6 Å². The first-order chi connectivity index (χ1) is 16.3. The molecule has 4 heterocycles. The van der Waals surface area contributed by atoms with Crippen molar-refractivity contribution in [1.29, 1.82) is 0 Å². The molecule has 2 aromatic rings. The predicted octanol–water partition coefficient (Wildman–Crippen LogP) is 2.83. The van der Waals surface area contributed by atoms with Gasteiger partial charge in [0.05, 0.1) is 31.0 Å². The molecule has 0 radical (unpaired) electrons. The lowest BCUT2D eigenvalue weighted by Gasteiger charge is -2.36. The van der Waals surface area contributed by atoms with Gasteiger partial charge in [-0.1, -0.05) is 6.92 Å². The van der Waals surface area contributed by atoms with Crippen molar-refractivity contribution in [2.24, 2.45) is 4.99 Å². The second-order valence-electron chi connectivity index (χ2n) is 10.1. The third-order valence-corrected chi connectivity index (χ3v) is 7.10. The predicted molar refractivity (Wildman–Crippen MR) is 133 cm³/mol. The zero-order chi connectivity index (χ0) is 24.0. The molecular formula is C26H35N5O3. The van der Waals surface area contributed by atoms with Crippen molar-refractivity contribution < 1.29 is 14.6 Å². The summed E-state index contributed by atoms with van der Waals surface area (Å²) in [4.78, 5) is 23.0. The molecule has 5 rings (SSSR count). The van der Waals surface area contributed by atoms with Crippen molar-refractivity contribution in [2.75, 3.05) is 31.6 Å². The standard InChI is InChI=1S/C26H35N5O3/c1-5-16-12-28-24-23(16)30-22(15(2)29-24)18-10-17-6-8-31(25(32)26(3,4)33)13-20(17)19(11-18)21-14-34-9-7-27-21/h10-12,15,21,27-29,33H,5-9,13-14H2,1-4H3/t15?,21-/m0/s1. The number of carbonyl (C=O) groups is 1. The van der Waals surface area contributed by atoms with Crippen LogP contribution in [0.2, 0.25) is 0 Å². The average Bonchev–Trinajstić information content (AvgIpc) is 3.23. The van der Waals surface area contributed by atoms with Crippen molar-refractivity contribution >= 4 is 23.1 Å². The van der Waals surface area contributed by atoms with Gasteiger partial charge in [-0.3, -0.25) is 4.79 Å². The number of benzene rings is 1. The first-order valence-electron chi connectivity index (χ1n) is 12.3. The van der Waals surface area contributed by atoms with Crippen molar-refractivity contribution in [1.82, 2.24) is 15.2 Å². The van der Waals surface area contributed by atoms with Crippen LogP contribution in [-0.4, -0.2) is 64.6 Å². The average molecular weight is 466 g/mol. The highest BCUT2D eigenvalue weighted by Crippen LogP contribution is 2.36. The Balaban J connectivity index is 1.58. The summed E-state index contributed by atoms with van der Waals surface area (Å²) in [5.41, 5.74) is 6.51. The maximum absolute atomic E-state index is 12.8. The number of aromatic nitrogens is 1. The number of aliphatic hydroxyl groups is 1. The number of rotatable bonds is 4. The summed E-state index contributed by atoms with van der Waals surface area (Å²) < 4.78 is 5.80. The first-order valence-corrected chi connectivity index (χ1v) is 12.3. The molecule has 1 fully saturated rings. The molecule has 0 aliphatic carbocycles. The molecule has 34 heavy (non-hydrogen) atoms. The third kappa shape index (κ3) is 4.15. The molecule has 1 aromatic carbocycles.